The minimum absolute atomic E-state index is 0.0713. The van der Waals surface area contributed by atoms with E-state index in [4.69, 9.17) is 73.7 Å². The number of aliphatic hydroxyl groups is 4. The Morgan fingerprint density at radius 1 is 0.886 bits per heavy atom. The Labute approximate surface area is 467 Å². The van der Waals surface area contributed by atoms with Gasteiger partial charge in [0.25, 0.3) is 15.6 Å². The monoisotopic (exact) mass is 1260 g/mol. The van der Waals surface area contributed by atoms with E-state index in [0.29, 0.717) is 22.6 Å². The Bertz CT molecular complexity index is 2850. The standard InChI is InChI=1S/C43H62N3O24PSi8/c1-32-29-46(42(52)45-41(32)51)40-28-38(50)39(60-40)30-56-43(33-8-4-3-5-9-33,34-10-14-36(54-2)15-11-34)35-12-16-37(17-13-35)55-22-7-24-58-71(53,57-23-6-18-44)59-31-75-62-73-64-77-65-76-63-72-61-74(25-19-47)66-78(68-76,26-20-48)70-79(67-75,69-77)27-21-49/h3-5,8-17,29,31,38-40,47-50,74,76-77H,6-7,19-28,30,72-73H2,1-2H3,(H,45,51,52)/t38-,39-,40-,43?,71?,74?,76?,77?,78?,79?/m1/s1. The molecule has 3 aromatic carbocycles. The molecular formula is C43H62N3O24PSi8. The third-order valence-corrected chi connectivity index (χ3v) is 36.7. The highest BCUT2D eigenvalue weighted by atomic mass is 31.2. The molecule has 8 rings (SSSR count). The van der Waals surface area contributed by atoms with Crippen LogP contribution in [0.1, 0.15) is 47.7 Å². The number of H-pyrrole nitrogens is 1. The zero-order valence-electron chi connectivity index (χ0n) is 43.0. The van der Waals surface area contributed by atoms with Gasteiger partial charge in [-0.05, 0) is 47.9 Å². The molecule has 4 saturated heterocycles. The van der Waals surface area contributed by atoms with Gasteiger partial charge in [-0.25, -0.2) is 9.36 Å². The van der Waals surface area contributed by atoms with Crippen molar-refractivity contribution in [2.45, 2.75) is 68.4 Å². The summed E-state index contributed by atoms with van der Waals surface area (Å²) in [6, 6.07) is 25.8. The number of nitrogens with zero attached hydrogens (tertiary/aromatic N) is 2. The number of aryl methyl sites for hydroxylation is 1. The lowest BCUT2D eigenvalue weighted by Crippen LogP contribution is -2.69. The highest BCUT2D eigenvalue weighted by Crippen LogP contribution is 2.49. The molecule has 0 aliphatic carbocycles. The predicted molar refractivity (Wildman–Crippen MR) is 292 cm³/mol. The van der Waals surface area contributed by atoms with Crippen molar-refractivity contribution in [3.63, 3.8) is 0 Å². The highest BCUT2D eigenvalue weighted by Gasteiger charge is 2.62. The summed E-state index contributed by atoms with van der Waals surface area (Å²) in [5, 5.41) is 50.7. The summed E-state index contributed by atoms with van der Waals surface area (Å²) in [5.74, 6) is 2.09. The second kappa shape index (κ2) is 28.8. The number of phosphoric acid groups is 1. The molecule has 0 amide bonds. The van der Waals surface area contributed by atoms with Crippen molar-refractivity contribution in [2.75, 3.05) is 53.4 Å². The molecule has 430 valence electrons. The molecule has 1 aromatic heterocycles. The fourth-order valence-electron chi connectivity index (χ4n) is 8.52. The average Bonchev–Trinajstić information content (AvgIpc) is 3.91. The van der Waals surface area contributed by atoms with Crippen LogP contribution in [0.4, 0.5) is 0 Å². The first-order valence-corrected chi connectivity index (χ1v) is 38.6. The van der Waals surface area contributed by atoms with Crippen LogP contribution in [0.2, 0.25) is 18.1 Å². The number of nitrogens with one attached hydrogen (secondary N) is 1. The summed E-state index contributed by atoms with van der Waals surface area (Å²) < 4.78 is 119. The van der Waals surface area contributed by atoms with Gasteiger partial charge >= 0.3 is 78.4 Å². The molecule has 4 bridgehead atoms. The number of benzene rings is 3. The topological polar surface area (TPSA) is 334 Å². The normalized spacial score (nSPS) is 27.8. The maximum Gasteiger partial charge on any atom is 0.541 e. The van der Waals surface area contributed by atoms with Crippen molar-refractivity contribution in [1.29, 1.82) is 5.26 Å². The van der Waals surface area contributed by atoms with Gasteiger partial charge < -0.3 is 85.0 Å². The Morgan fingerprint density at radius 2 is 1.56 bits per heavy atom. The largest absolute Gasteiger partial charge is 0.562 e. The third-order valence-electron chi connectivity index (χ3n) is 12.3. The summed E-state index contributed by atoms with van der Waals surface area (Å²) in [6.45, 7) is -0.187. The van der Waals surface area contributed by atoms with Crippen molar-refractivity contribution in [3.8, 4) is 17.6 Å². The van der Waals surface area contributed by atoms with E-state index in [0.717, 1.165) is 17.0 Å². The maximum atomic E-state index is 14.1. The van der Waals surface area contributed by atoms with E-state index in [1.807, 2.05) is 72.8 Å². The van der Waals surface area contributed by atoms with Crippen LogP contribution in [0.15, 0.2) is 94.6 Å². The van der Waals surface area contributed by atoms with Gasteiger partial charge in [-0.2, -0.15) is 5.26 Å². The average molecular weight is 1260 g/mol. The van der Waals surface area contributed by atoms with E-state index in [2.05, 4.69) is 4.98 Å². The molecule has 0 spiro atoms. The number of rotatable bonds is 25. The molecule has 36 heteroatoms. The van der Waals surface area contributed by atoms with Gasteiger partial charge in [-0.1, -0.05) is 54.6 Å². The quantitative estimate of drug-likeness (QED) is 0.0227. The Balaban J connectivity index is 0.956. The molecule has 4 aliphatic rings. The van der Waals surface area contributed by atoms with Gasteiger partial charge in [0.1, 0.15) is 29.4 Å². The first-order chi connectivity index (χ1) is 38.3. The Morgan fingerprint density at radius 3 is 2.25 bits per heavy atom. The van der Waals surface area contributed by atoms with Gasteiger partial charge in [0, 0.05) is 56.5 Å². The summed E-state index contributed by atoms with van der Waals surface area (Å²) in [4.78, 5) is 27.2. The molecule has 4 aliphatic heterocycles. The van der Waals surface area contributed by atoms with Crippen LogP contribution < -0.4 is 20.7 Å². The van der Waals surface area contributed by atoms with Crippen LogP contribution in [-0.2, 0) is 74.4 Å². The number of aliphatic hydroxyl groups excluding tert-OH is 4. The van der Waals surface area contributed by atoms with Crippen molar-refractivity contribution in [2.24, 2.45) is 0 Å². The maximum absolute atomic E-state index is 14.1. The predicted octanol–water partition coefficient (Wildman–Crippen LogP) is -1.11. The second-order valence-corrected chi connectivity index (χ2v) is 37.7. The number of nitriles is 1. The van der Waals surface area contributed by atoms with Crippen molar-refractivity contribution in [1.82, 2.24) is 9.55 Å². The van der Waals surface area contributed by atoms with Crippen LogP contribution in [0.25, 0.3) is 0 Å². The number of ether oxygens (including phenoxy) is 4. The number of hydrogen-bond acceptors (Lipinski definition) is 25. The van der Waals surface area contributed by atoms with Crippen LogP contribution in [0, 0.1) is 18.3 Å². The molecule has 79 heavy (non-hydrogen) atoms. The van der Waals surface area contributed by atoms with E-state index in [1.165, 1.54) is 10.8 Å². The molecule has 4 fully saturated rings. The van der Waals surface area contributed by atoms with Gasteiger partial charge in [0.2, 0.25) is 0 Å². The van der Waals surface area contributed by atoms with E-state index in [9.17, 15) is 39.8 Å². The van der Waals surface area contributed by atoms with Gasteiger partial charge in [0.15, 0.2) is 5.86 Å². The highest BCUT2D eigenvalue weighted by molar-refractivity contribution is 7.49. The summed E-state index contributed by atoms with van der Waals surface area (Å²) in [7, 11) is -26.4. The van der Waals surface area contributed by atoms with Crippen LogP contribution in [0.3, 0.4) is 0 Å². The fraction of sp³-hybridized carbons (Fsp3) is 0.442. The summed E-state index contributed by atoms with van der Waals surface area (Å²) in [6.07, 6.45) is -1.25. The number of methoxy groups -OCH3 is 1. The minimum atomic E-state index is -4.48. The third kappa shape index (κ3) is 15.8. The number of phosphoric ester groups is 1. The number of hydrogen-bond donors (Lipinski definition) is 5. The lowest BCUT2D eigenvalue weighted by Gasteiger charge is -2.46. The van der Waals surface area contributed by atoms with Crippen molar-refractivity contribution in [3.05, 3.63) is 128 Å². The zero-order chi connectivity index (χ0) is 55.9. The number of aromatic nitrogens is 2. The summed E-state index contributed by atoms with van der Waals surface area (Å²) >= 11 is 0. The lowest BCUT2D eigenvalue weighted by molar-refractivity contribution is -0.0944. The van der Waals surface area contributed by atoms with Gasteiger partial charge in [-0.3, -0.25) is 23.4 Å². The Hall–Kier alpha value is -3.97. The second-order valence-electron chi connectivity index (χ2n) is 17.7. The van der Waals surface area contributed by atoms with E-state index < -0.39 is 131 Å². The molecule has 0 saturated carbocycles. The van der Waals surface area contributed by atoms with E-state index in [-0.39, 0.29) is 70.4 Å². The number of fused-ring (bicyclic) bond motifs is 4. The van der Waals surface area contributed by atoms with Gasteiger partial charge in [0.05, 0.1) is 58.2 Å². The zero-order valence-corrected chi connectivity index (χ0v) is 53.2. The van der Waals surface area contributed by atoms with Gasteiger partial charge in [-0.15, -0.1) is 0 Å². The molecule has 27 nitrogen and oxygen atoms in total. The molecule has 10 atom stereocenters. The van der Waals surface area contributed by atoms with Crippen LogP contribution in [-0.4, -0.2) is 176 Å². The molecule has 5 N–H and O–H groups in total. The Kier molecular flexibility index (Phi) is 22.3. The van der Waals surface area contributed by atoms with Crippen molar-refractivity contribution < 1.29 is 98.7 Å². The van der Waals surface area contributed by atoms with Crippen molar-refractivity contribution >= 4 is 88.5 Å². The minimum Gasteiger partial charge on any atom is -0.562 e. The molecule has 4 aromatic rings. The molecule has 0 radical (unpaired) electrons. The molecular weight excluding hydrogens is 1200 g/mol. The first-order valence-electron chi connectivity index (χ1n) is 25.0. The smallest absolute Gasteiger partial charge is 0.541 e. The van der Waals surface area contributed by atoms with Crippen LogP contribution in [0.5, 0.6) is 11.5 Å². The fourth-order valence-corrected chi connectivity index (χ4v) is 37.6. The number of aromatic amines is 1. The molecule has 7 unspecified atom stereocenters. The van der Waals surface area contributed by atoms with E-state index >= 15 is 0 Å². The van der Waals surface area contributed by atoms with E-state index in [1.54, 1.807) is 26.2 Å². The first kappa shape index (κ1) is 61.1. The SMILES string of the molecule is COc1ccc(C(OC[C@H]2O[C@@H](n3cc(C)c(=O)[nH]c3=O)C[C@H]2O)(c2ccccc2)c2ccc(OCCCOP(=O)(OC=[Si]3O[SiH2]O[SiH]4O[SiH]5O[SiH2]O[SiH](CCO)O[Si](CCO)(O5)O[Si](CCO)(O3)O4)OCCC#N)cc2)cc1. The van der Waals surface area contributed by atoms with Crippen LogP contribution >= 0.6 is 7.82 Å². The summed E-state index contributed by atoms with van der Waals surface area (Å²) in [5.41, 5.74) is 0.00144. The molecule has 5 heterocycles. The lowest BCUT2D eigenvalue weighted by atomic mass is 9.80.